The van der Waals surface area contributed by atoms with Gasteiger partial charge in [0.25, 0.3) is 0 Å². The highest BCUT2D eigenvalue weighted by molar-refractivity contribution is 6.35. The number of aromatic nitrogens is 2. The van der Waals surface area contributed by atoms with Crippen LogP contribution >= 0.6 is 34.8 Å². The van der Waals surface area contributed by atoms with E-state index in [0.29, 0.717) is 27.4 Å². The zero-order valence-electron chi connectivity index (χ0n) is 14.8. The molecule has 3 rings (SSSR count). The molecule has 0 aliphatic rings. The molecule has 0 aliphatic heterocycles. The molecule has 27 heavy (non-hydrogen) atoms. The molecule has 0 amide bonds. The molecular weight excluding hydrogens is 403 g/mol. The van der Waals surface area contributed by atoms with Gasteiger partial charge in [-0.05, 0) is 36.2 Å². The lowest BCUT2D eigenvalue weighted by molar-refractivity contribution is 0.279. The molecule has 0 N–H and O–H groups in total. The molecule has 1 aromatic heterocycles. The number of nitrogens with zero attached hydrogens (tertiary/aromatic N) is 4. The summed E-state index contributed by atoms with van der Waals surface area (Å²) >= 11 is 18.8. The first-order chi connectivity index (χ1) is 13.1. The zero-order valence-corrected chi connectivity index (χ0v) is 17.1. The summed E-state index contributed by atoms with van der Waals surface area (Å²) < 4.78 is 1.85. The Bertz CT molecular complexity index is 923. The third kappa shape index (κ3) is 5.04. The lowest BCUT2D eigenvalue weighted by Gasteiger charge is -2.22. The van der Waals surface area contributed by atoms with Crippen molar-refractivity contribution < 1.29 is 0 Å². The highest BCUT2D eigenvalue weighted by atomic mass is 35.5. The number of hydrazone groups is 1. The van der Waals surface area contributed by atoms with Gasteiger partial charge >= 0.3 is 0 Å². The minimum Gasteiger partial charge on any atom is -0.291 e. The Morgan fingerprint density at radius 1 is 1.11 bits per heavy atom. The Morgan fingerprint density at radius 3 is 2.59 bits per heavy atom. The van der Waals surface area contributed by atoms with Crippen LogP contribution < -0.4 is 0 Å². The van der Waals surface area contributed by atoms with Gasteiger partial charge in [-0.2, -0.15) is 5.10 Å². The van der Waals surface area contributed by atoms with Gasteiger partial charge in [0, 0.05) is 34.5 Å². The van der Waals surface area contributed by atoms with E-state index >= 15 is 0 Å². The Morgan fingerprint density at radius 2 is 1.93 bits per heavy atom. The summed E-state index contributed by atoms with van der Waals surface area (Å²) in [6, 6.07) is 13.1. The van der Waals surface area contributed by atoms with Crippen LogP contribution in [0.5, 0.6) is 0 Å². The predicted octanol–water partition coefficient (Wildman–Crippen LogP) is 5.97. The van der Waals surface area contributed by atoms with Gasteiger partial charge in [-0.1, -0.05) is 59.9 Å². The molecule has 0 bridgehead atoms. The van der Waals surface area contributed by atoms with Crippen LogP contribution in [-0.4, -0.2) is 26.9 Å². The van der Waals surface area contributed by atoms with E-state index < -0.39 is 0 Å². The molecule has 140 valence electrons. The Hall–Kier alpha value is -2.01. The number of hydrogen-bond acceptors (Lipinski definition) is 3. The van der Waals surface area contributed by atoms with Crippen molar-refractivity contribution in [2.75, 3.05) is 6.54 Å². The number of hydrogen-bond donors (Lipinski definition) is 0. The first-order valence-corrected chi connectivity index (χ1v) is 9.72. The fourth-order valence-electron chi connectivity index (χ4n) is 2.67. The lowest BCUT2D eigenvalue weighted by atomic mass is 10.2. The van der Waals surface area contributed by atoms with E-state index in [1.807, 2.05) is 52.2 Å². The second-order valence-electron chi connectivity index (χ2n) is 6.00. The van der Waals surface area contributed by atoms with Crippen LogP contribution in [-0.2, 0) is 6.54 Å². The summed E-state index contributed by atoms with van der Waals surface area (Å²) in [5.41, 5.74) is 1.79. The molecule has 4 nitrogen and oxygen atoms in total. The quantitative estimate of drug-likeness (QED) is 0.279. The lowest BCUT2D eigenvalue weighted by Crippen LogP contribution is -2.24. The van der Waals surface area contributed by atoms with Crippen molar-refractivity contribution in [2.45, 2.75) is 19.9 Å². The van der Waals surface area contributed by atoms with Crippen LogP contribution in [0.4, 0.5) is 0 Å². The highest BCUT2D eigenvalue weighted by Gasteiger charge is 2.14. The molecule has 0 unspecified atom stereocenters. The van der Waals surface area contributed by atoms with Gasteiger partial charge in [0.2, 0.25) is 0 Å². The molecule has 1 heterocycles. The maximum absolute atomic E-state index is 6.43. The second-order valence-corrected chi connectivity index (χ2v) is 7.25. The van der Waals surface area contributed by atoms with Crippen molar-refractivity contribution in [3.8, 4) is 0 Å². The standard InChI is InChI=1S/C20H19Cl3N4/c1-2-10-27(13-15-7-8-16(21)12-19(15)23)25-20(26-11-9-24-14-26)17-5-3-4-6-18(17)22/h3-9,11-12,14H,2,10,13H2,1H3. The van der Waals surface area contributed by atoms with Crippen molar-refractivity contribution in [1.82, 2.24) is 14.6 Å². The summed E-state index contributed by atoms with van der Waals surface area (Å²) in [5, 5.41) is 8.75. The third-order valence-corrected chi connectivity index (χ3v) is 4.87. The average Bonchev–Trinajstić information content (AvgIpc) is 3.17. The normalized spacial score (nSPS) is 11.6. The van der Waals surface area contributed by atoms with Gasteiger partial charge in [0.1, 0.15) is 6.33 Å². The van der Waals surface area contributed by atoms with E-state index in [1.54, 1.807) is 18.6 Å². The van der Waals surface area contributed by atoms with Crippen molar-refractivity contribution in [1.29, 1.82) is 0 Å². The van der Waals surface area contributed by atoms with Crippen molar-refractivity contribution in [2.24, 2.45) is 5.10 Å². The van der Waals surface area contributed by atoms with E-state index in [0.717, 1.165) is 24.1 Å². The van der Waals surface area contributed by atoms with E-state index in [-0.39, 0.29) is 0 Å². The Labute approximate surface area is 174 Å². The van der Waals surface area contributed by atoms with Crippen LogP contribution in [0.1, 0.15) is 24.5 Å². The van der Waals surface area contributed by atoms with E-state index in [1.165, 1.54) is 0 Å². The first-order valence-electron chi connectivity index (χ1n) is 8.59. The number of imidazole rings is 1. The molecule has 0 saturated heterocycles. The van der Waals surface area contributed by atoms with Gasteiger partial charge < -0.3 is 0 Å². The Balaban J connectivity index is 2.00. The van der Waals surface area contributed by atoms with Crippen molar-refractivity contribution >= 4 is 40.6 Å². The maximum atomic E-state index is 6.43. The van der Waals surface area contributed by atoms with E-state index in [9.17, 15) is 0 Å². The largest absolute Gasteiger partial charge is 0.291 e. The van der Waals surface area contributed by atoms with Gasteiger partial charge in [0.05, 0.1) is 11.6 Å². The molecular formula is C20H19Cl3N4. The molecule has 0 fully saturated rings. The summed E-state index contributed by atoms with van der Waals surface area (Å²) in [7, 11) is 0. The third-order valence-electron chi connectivity index (χ3n) is 3.95. The summed E-state index contributed by atoms with van der Waals surface area (Å²) in [4.78, 5) is 4.14. The molecule has 0 aliphatic carbocycles. The van der Waals surface area contributed by atoms with Gasteiger partial charge in [-0.15, -0.1) is 0 Å². The molecule has 7 heteroatoms. The molecule has 3 aromatic rings. The molecule has 0 saturated carbocycles. The van der Waals surface area contributed by atoms with E-state index in [2.05, 4.69) is 11.9 Å². The van der Waals surface area contributed by atoms with Crippen LogP contribution in [0.3, 0.4) is 0 Å². The zero-order chi connectivity index (χ0) is 19.2. The summed E-state index contributed by atoms with van der Waals surface area (Å²) in [6.07, 6.45) is 6.21. The molecule has 0 atom stereocenters. The van der Waals surface area contributed by atoms with Crippen LogP contribution in [0.25, 0.3) is 0 Å². The number of rotatable bonds is 6. The number of benzene rings is 2. The smallest absolute Gasteiger partial charge is 0.166 e. The van der Waals surface area contributed by atoms with Crippen molar-refractivity contribution in [3.63, 3.8) is 0 Å². The molecule has 0 spiro atoms. The Kier molecular flexibility index (Phi) is 6.78. The maximum Gasteiger partial charge on any atom is 0.166 e. The SMILES string of the molecule is CCCN(Cc1ccc(Cl)cc1Cl)N=C(c1ccccc1Cl)n1ccnc1. The minimum atomic E-state index is 0.562. The van der Waals surface area contributed by atoms with Gasteiger partial charge in [-0.3, -0.25) is 9.58 Å². The fourth-order valence-corrected chi connectivity index (χ4v) is 3.36. The van der Waals surface area contributed by atoms with Gasteiger partial charge in [-0.25, -0.2) is 4.98 Å². The monoisotopic (exact) mass is 420 g/mol. The molecule has 2 aromatic carbocycles. The number of halogens is 3. The topological polar surface area (TPSA) is 33.4 Å². The van der Waals surface area contributed by atoms with Crippen LogP contribution in [0, 0.1) is 0 Å². The van der Waals surface area contributed by atoms with E-state index in [4.69, 9.17) is 39.9 Å². The summed E-state index contributed by atoms with van der Waals surface area (Å²) in [6.45, 7) is 3.44. The minimum absolute atomic E-state index is 0.562. The van der Waals surface area contributed by atoms with Gasteiger partial charge in [0.15, 0.2) is 5.84 Å². The molecule has 0 radical (unpaired) electrons. The van der Waals surface area contributed by atoms with Crippen LogP contribution in [0.2, 0.25) is 15.1 Å². The highest BCUT2D eigenvalue weighted by Crippen LogP contribution is 2.23. The fraction of sp³-hybridized carbons (Fsp3) is 0.200. The average molecular weight is 422 g/mol. The summed E-state index contributed by atoms with van der Waals surface area (Å²) in [5.74, 6) is 0.705. The van der Waals surface area contributed by atoms with Crippen molar-refractivity contribution in [3.05, 3.63) is 87.4 Å². The predicted molar refractivity (Wildman–Crippen MR) is 113 cm³/mol. The van der Waals surface area contributed by atoms with Crippen LogP contribution in [0.15, 0.2) is 66.3 Å². The second kappa shape index (κ2) is 9.27. The first kappa shape index (κ1) is 19.7.